The molecule has 1 N–H and O–H groups in total. The summed E-state index contributed by atoms with van der Waals surface area (Å²) in [5.41, 5.74) is 2.54. The van der Waals surface area contributed by atoms with Gasteiger partial charge < -0.3 is 10.1 Å². The van der Waals surface area contributed by atoms with Gasteiger partial charge in [0.15, 0.2) is 0 Å². The van der Waals surface area contributed by atoms with E-state index in [0.29, 0.717) is 35.5 Å². The molecule has 3 aromatic rings. The fourth-order valence-corrected chi connectivity index (χ4v) is 4.51. The van der Waals surface area contributed by atoms with Gasteiger partial charge in [0.1, 0.15) is 11.5 Å². The van der Waals surface area contributed by atoms with E-state index >= 15 is 0 Å². The molecular formula is C28H24N2O4. The van der Waals surface area contributed by atoms with Gasteiger partial charge in [-0.05, 0) is 74.4 Å². The van der Waals surface area contributed by atoms with Crippen molar-refractivity contribution in [3.8, 4) is 11.5 Å². The topological polar surface area (TPSA) is 75.7 Å². The van der Waals surface area contributed by atoms with Crippen LogP contribution in [-0.2, 0) is 9.59 Å². The average Bonchev–Trinajstić information content (AvgIpc) is 3.10. The Morgan fingerprint density at radius 2 is 1.59 bits per heavy atom. The monoisotopic (exact) mass is 452 g/mol. The molecule has 34 heavy (non-hydrogen) atoms. The summed E-state index contributed by atoms with van der Waals surface area (Å²) in [6.07, 6.45) is 3.23. The van der Waals surface area contributed by atoms with Crippen LogP contribution in [0.4, 0.5) is 11.4 Å². The second kappa shape index (κ2) is 8.98. The van der Waals surface area contributed by atoms with Crippen molar-refractivity contribution >= 4 is 29.1 Å². The van der Waals surface area contributed by atoms with Gasteiger partial charge in [-0.15, -0.1) is 0 Å². The number of amides is 3. The van der Waals surface area contributed by atoms with Crippen LogP contribution in [0.1, 0.15) is 30.1 Å². The number of carbonyl (C=O) groups excluding carboxylic acids is 3. The maximum absolute atomic E-state index is 13.0. The standard InChI is InChI=1S/C28H24N2O4/c1-18-10-15-24-25(16-18)28(33)30(27(24)32)21-7-5-6-19(17-21)26(31)29-20-11-13-23(14-12-20)34-22-8-3-2-4-9-22/h2-14,17,24-25H,15-16H2,1H3,(H,29,31)/t24-,25+/m0/s1. The van der Waals surface area contributed by atoms with Gasteiger partial charge in [-0.3, -0.25) is 19.3 Å². The molecule has 2 aliphatic rings. The van der Waals surface area contributed by atoms with Crippen LogP contribution in [0, 0.1) is 11.8 Å². The predicted molar refractivity (Wildman–Crippen MR) is 130 cm³/mol. The van der Waals surface area contributed by atoms with Crippen molar-refractivity contribution in [1.82, 2.24) is 0 Å². The summed E-state index contributed by atoms with van der Waals surface area (Å²) in [5.74, 6) is 0.0557. The maximum Gasteiger partial charge on any atom is 0.255 e. The SMILES string of the molecule is CC1=CC[C@@H]2C(=O)N(c3cccc(C(=O)Nc4ccc(Oc5ccccc5)cc4)c3)C(=O)[C@@H]2C1. The Bertz CT molecular complexity index is 1280. The summed E-state index contributed by atoms with van der Waals surface area (Å²) in [6.45, 7) is 1.99. The molecule has 6 nitrogen and oxygen atoms in total. The zero-order valence-electron chi connectivity index (χ0n) is 18.7. The number of nitrogens with one attached hydrogen (secondary N) is 1. The van der Waals surface area contributed by atoms with E-state index in [2.05, 4.69) is 5.32 Å². The van der Waals surface area contributed by atoms with E-state index in [0.717, 1.165) is 11.3 Å². The normalized spacial score (nSPS) is 19.4. The molecule has 6 heteroatoms. The highest BCUT2D eigenvalue weighted by Crippen LogP contribution is 2.39. The van der Waals surface area contributed by atoms with Gasteiger partial charge in [0.05, 0.1) is 17.5 Å². The molecule has 0 radical (unpaired) electrons. The molecule has 3 amide bonds. The third-order valence-electron chi connectivity index (χ3n) is 6.28. The summed E-state index contributed by atoms with van der Waals surface area (Å²) in [5, 5.41) is 2.85. The summed E-state index contributed by atoms with van der Waals surface area (Å²) in [7, 11) is 0. The smallest absolute Gasteiger partial charge is 0.255 e. The lowest BCUT2D eigenvalue weighted by Crippen LogP contribution is -2.31. The number of ether oxygens (including phenoxy) is 1. The van der Waals surface area contributed by atoms with Crippen molar-refractivity contribution in [2.75, 3.05) is 10.2 Å². The number of imide groups is 1. The molecular weight excluding hydrogens is 428 g/mol. The number of nitrogens with zero attached hydrogens (tertiary/aromatic N) is 1. The Hall–Kier alpha value is -4.19. The molecule has 1 aliphatic carbocycles. The third kappa shape index (κ3) is 4.22. The Balaban J connectivity index is 1.29. The fraction of sp³-hybridized carbons (Fsp3) is 0.179. The first kappa shape index (κ1) is 21.6. The van der Waals surface area contributed by atoms with Crippen molar-refractivity contribution in [2.45, 2.75) is 19.8 Å². The molecule has 0 bridgehead atoms. The van der Waals surface area contributed by atoms with Crippen LogP contribution in [0.2, 0.25) is 0 Å². The minimum atomic E-state index is -0.326. The second-order valence-electron chi connectivity index (χ2n) is 8.66. The quantitative estimate of drug-likeness (QED) is 0.405. The molecule has 1 aliphatic heterocycles. The molecule has 2 atom stereocenters. The zero-order valence-corrected chi connectivity index (χ0v) is 18.7. The molecule has 0 unspecified atom stereocenters. The summed E-state index contributed by atoms with van der Waals surface area (Å²) in [4.78, 5) is 40.1. The van der Waals surface area contributed by atoms with Crippen LogP contribution in [0.5, 0.6) is 11.5 Å². The summed E-state index contributed by atoms with van der Waals surface area (Å²) in [6, 6.07) is 23.1. The minimum absolute atomic E-state index is 0.186. The molecule has 0 saturated carbocycles. The fourth-order valence-electron chi connectivity index (χ4n) is 4.51. The molecule has 1 heterocycles. The minimum Gasteiger partial charge on any atom is -0.457 e. The van der Waals surface area contributed by atoms with E-state index in [4.69, 9.17) is 4.74 Å². The second-order valence-corrected chi connectivity index (χ2v) is 8.66. The Labute approximate surface area is 197 Å². The van der Waals surface area contributed by atoms with Gasteiger partial charge in [-0.1, -0.05) is 35.9 Å². The lowest BCUT2D eigenvalue weighted by molar-refractivity contribution is -0.122. The molecule has 0 aromatic heterocycles. The summed E-state index contributed by atoms with van der Waals surface area (Å²) < 4.78 is 5.78. The van der Waals surface area contributed by atoms with Gasteiger partial charge in [0.25, 0.3) is 5.91 Å². The first-order chi connectivity index (χ1) is 16.5. The molecule has 1 saturated heterocycles. The van der Waals surface area contributed by atoms with E-state index in [9.17, 15) is 14.4 Å². The van der Waals surface area contributed by atoms with E-state index < -0.39 is 0 Å². The van der Waals surface area contributed by atoms with Crippen LogP contribution in [0.3, 0.4) is 0 Å². The molecule has 5 rings (SSSR count). The zero-order chi connectivity index (χ0) is 23.7. The van der Waals surface area contributed by atoms with Crippen LogP contribution in [-0.4, -0.2) is 17.7 Å². The highest BCUT2D eigenvalue weighted by molar-refractivity contribution is 6.22. The maximum atomic E-state index is 13.0. The number of carbonyl (C=O) groups is 3. The van der Waals surface area contributed by atoms with Crippen LogP contribution in [0.15, 0.2) is 90.5 Å². The Kier molecular flexibility index (Phi) is 5.72. The number of allylic oxidation sites excluding steroid dienone is 2. The number of hydrogen-bond donors (Lipinski definition) is 1. The number of para-hydroxylation sites is 1. The van der Waals surface area contributed by atoms with Crippen molar-refractivity contribution < 1.29 is 19.1 Å². The first-order valence-corrected chi connectivity index (χ1v) is 11.3. The average molecular weight is 453 g/mol. The van der Waals surface area contributed by atoms with Gasteiger partial charge in [-0.2, -0.15) is 0 Å². The largest absolute Gasteiger partial charge is 0.457 e. The van der Waals surface area contributed by atoms with E-state index in [1.165, 1.54) is 4.90 Å². The number of hydrogen-bond acceptors (Lipinski definition) is 4. The first-order valence-electron chi connectivity index (χ1n) is 11.3. The predicted octanol–water partition coefficient (Wildman–Crippen LogP) is 5.58. The van der Waals surface area contributed by atoms with Gasteiger partial charge >= 0.3 is 0 Å². The number of rotatable bonds is 5. The highest BCUT2D eigenvalue weighted by Gasteiger charge is 2.48. The molecule has 3 aromatic carbocycles. The Morgan fingerprint density at radius 1 is 0.882 bits per heavy atom. The lowest BCUT2D eigenvalue weighted by atomic mass is 9.82. The van der Waals surface area contributed by atoms with Crippen molar-refractivity contribution in [3.63, 3.8) is 0 Å². The molecule has 170 valence electrons. The van der Waals surface area contributed by atoms with E-state index in [-0.39, 0.29) is 29.6 Å². The molecule has 1 fully saturated rings. The lowest BCUT2D eigenvalue weighted by Gasteiger charge is -2.18. The van der Waals surface area contributed by atoms with E-state index in [1.54, 1.807) is 48.5 Å². The van der Waals surface area contributed by atoms with Crippen LogP contribution >= 0.6 is 0 Å². The van der Waals surface area contributed by atoms with Crippen molar-refractivity contribution in [1.29, 1.82) is 0 Å². The highest BCUT2D eigenvalue weighted by atomic mass is 16.5. The third-order valence-corrected chi connectivity index (χ3v) is 6.28. The van der Waals surface area contributed by atoms with Crippen molar-refractivity contribution in [2.24, 2.45) is 11.8 Å². The van der Waals surface area contributed by atoms with Crippen LogP contribution < -0.4 is 15.0 Å². The van der Waals surface area contributed by atoms with Gasteiger partial charge in [0, 0.05) is 11.3 Å². The number of anilines is 2. The molecule has 0 spiro atoms. The Morgan fingerprint density at radius 3 is 2.35 bits per heavy atom. The van der Waals surface area contributed by atoms with E-state index in [1.807, 2.05) is 43.3 Å². The van der Waals surface area contributed by atoms with Crippen molar-refractivity contribution in [3.05, 3.63) is 96.1 Å². The summed E-state index contributed by atoms with van der Waals surface area (Å²) >= 11 is 0. The number of fused-ring (bicyclic) bond motifs is 1. The van der Waals surface area contributed by atoms with Gasteiger partial charge in [0.2, 0.25) is 11.8 Å². The van der Waals surface area contributed by atoms with Gasteiger partial charge in [-0.25, -0.2) is 0 Å². The van der Waals surface area contributed by atoms with Crippen LogP contribution in [0.25, 0.3) is 0 Å². The number of benzene rings is 3.